The molecule has 0 saturated carbocycles. The number of hydrogen-bond donors (Lipinski definition) is 4. The summed E-state index contributed by atoms with van der Waals surface area (Å²) in [5, 5.41) is 0. The van der Waals surface area contributed by atoms with Crippen molar-refractivity contribution in [1.82, 2.24) is 0 Å². The molecule has 0 amide bonds. The van der Waals surface area contributed by atoms with E-state index in [9.17, 15) is 51.9 Å². The fourth-order valence-electron chi connectivity index (χ4n) is 7.87. The fraction of sp³-hybridized carbons (Fsp3) is 0.455. The first-order valence-electron chi connectivity index (χ1n) is 21.4. The van der Waals surface area contributed by atoms with Gasteiger partial charge in [0.1, 0.15) is 69.0 Å². The molecule has 0 unspecified atom stereocenters. The van der Waals surface area contributed by atoms with Gasteiger partial charge in [0, 0.05) is 52.1 Å². The molecular weight excluding hydrogens is 977 g/mol. The molecule has 376 valence electrons. The van der Waals surface area contributed by atoms with Gasteiger partial charge in [-0.3, -0.25) is 18.2 Å². The summed E-state index contributed by atoms with van der Waals surface area (Å²) in [4.78, 5) is -3.20. The Balaban J connectivity index is 1.99. The van der Waals surface area contributed by atoms with E-state index in [0.29, 0.717) is 26.4 Å². The monoisotopic (exact) mass is 1030 g/mol. The summed E-state index contributed by atoms with van der Waals surface area (Å²) in [6, 6.07) is 9.60. The van der Waals surface area contributed by atoms with E-state index in [1.54, 1.807) is 27.7 Å². The molecule has 0 heterocycles. The largest absolute Gasteiger partial charge is 0.491 e. The lowest BCUT2D eigenvalue weighted by Crippen LogP contribution is -2.17. The molecule has 0 saturated heterocycles. The molecule has 68 heavy (non-hydrogen) atoms. The van der Waals surface area contributed by atoms with E-state index in [1.165, 1.54) is 48.5 Å². The number of hydrogen-bond acceptors (Lipinski definition) is 16. The standard InChI is InChI=1S/C44H56O20S4/c1-5-57-9-13-61-37-21-29-17-31-23-38(62-14-10-58-6-2)25-33(42(31)66(48,49)50)19-35-27-40(64-16-12-60-8-4)28-36(44(35)68(54,55)56)20-34-26-39(63-15-11-59-7-3)24-32(43(34)67(51,52)53)18-30(22-37)41(29)65(45,46)47/h21-28H,5-20H2,1-4H3,(H,45,46,47)(H,48,49,50)(H,51,52,53)(H,54,55,56). The van der Waals surface area contributed by atoms with Crippen LogP contribution in [-0.4, -0.2) is 131 Å². The van der Waals surface area contributed by atoms with E-state index in [-0.39, 0.29) is 120 Å². The van der Waals surface area contributed by atoms with E-state index in [4.69, 9.17) is 37.9 Å². The molecule has 0 aliphatic heterocycles. The molecule has 5 rings (SSSR count). The predicted octanol–water partition coefficient (Wildman–Crippen LogP) is 5.01. The molecule has 4 aromatic carbocycles. The van der Waals surface area contributed by atoms with Crippen molar-refractivity contribution in [1.29, 1.82) is 0 Å². The number of benzene rings is 4. The Morgan fingerprint density at radius 2 is 0.485 bits per heavy atom. The van der Waals surface area contributed by atoms with Crippen LogP contribution >= 0.6 is 0 Å². The van der Waals surface area contributed by atoms with Crippen molar-refractivity contribution in [3.8, 4) is 23.0 Å². The maximum Gasteiger partial charge on any atom is 0.295 e. The SMILES string of the molecule is CCOCCOc1cc2c(S(=O)(=O)O)c(c1)Cc1cc(OCCOCC)cc(c1S(=O)(=O)O)Cc1cc(OCCOCC)cc(c1S(=O)(=O)O)Cc1cc(OCCOCC)cc(c1S(=O)(=O)O)C2. The molecule has 0 atom stereocenters. The third-order valence-corrected chi connectivity index (χ3v) is 14.4. The fourth-order valence-corrected chi connectivity index (χ4v) is 11.6. The Morgan fingerprint density at radius 3 is 0.618 bits per heavy atom. The highest BCUT2D eigenvalue weighted by Crippen LogP contribution is 2.40. The van der Waals surface area contributed by atoms with Crippen molar-refractivity contribution >= 4 is 40.5 Å². The average molecular weight is 1030 g/mol. The molecule has 20 nitrogen and oxygen atoms in total. The minimum atomic E-state index is -5.33. The van der Waals surface area contributed by atoms with Gasteiger partial charge in [0.15, 0.2) is 0 Å². The van der Waals surface area contributed by atoms with Crippen LogP contribution < -0.4 is 18.9 Å². The number of rotatable bonds is 24. The van der Waals surface area contributed by atoms with Gasteiger partial charge in [-0.1, -0.05) is 0 Å². The smallest absolute Gasteiger partial charge is 0.295 e. The van der Waals surface area contributed by atoms with Gasteiger partial charge in [-0.05, 0) is 121 Å². The zero-order valence-electron chi connectivity index (χ0n) is 37.9. The van der Waals surface area contributed by atoms with Gasteiger partial charge in [-0.25, -0.2) is 0 Å². The van der Waals surface area contributed by atoms with E-state index >= 15 is 0 Å². The zero-order valence-corrected chi connectivity index (χ0v) is 41.2. The first kappa shape index (κ1) is 54.5. The summed E-state index contributed by atoms with van der Waals surface area (Å²) in [6.07, 6.45) is -2.87. The van der Waals surface area contributed by atoms with Crippen molar-refractivity contribution in [3.63, 3.8) is 0 Å². The Hall–Kier alpha value is -4.44. The summed E-state index contributed by atoms with van der Waals surface area (Å²) in [5.74, 6) is -0.154. The normalized spacial score (nSPS) is 13.3. The lowest BCUT2D eigenvalue weighted by molar-refractivity contribution is 0.110. The highest BCUT2D eigenvalue weighted by molar-refractivity contribution is 7.86. The first-order valence-corrected chi connectivity index (χ1v) is 27.2. The van der Waals surface area contributed by atoms with Crippen LogP contribution in [0.4, 0.5) is 0 Å². The Kier molecular flexibility index (Phi) is 19.2. The Bertz CT molecular complexity index is 2380. The molecule has 0 aromatic heterocycles. The second-order valence-electron chi connectivity index (χ2n) is 15.1. The predicted molar refractivity (Wildman–Crippen MR) is 244 cm³/mol. The topological polar surface area (TPSA) is 291 Å². The van der Waals surface area contributed by atoms with Gasteiger partial charge in [-0.2, -0.15) is 33.7 Å². The van der Waals surface area contributed by atoms with Gasteiger partial charge >= 0.3 is 0 Å². The Labute approximate surface area is 396 Å². The molecule has 4 aromatic rings. The lowest BCUT2D eigenvalue weighted by atomic mass is 9.92. The van der Waals surface area contributed by atoms with Crippen molar-refractivity contribution in [2.24, 2.45) is 0 Å². The maximum absolute atomic E-state index is 13.6. The van der Waals surface area contributed by atoms with Gasteiger partial charge in [0.05, 0.1) is 26.4 Å². The summed E-state index contributed by atoms with van der Waals surface area (Å²) in [5.41, 5.74) is -2.49. The minimum Gasteiger partial charge on any atom is -0.491 e. The summed E-state index contributed by atoms with van der Waals surface area (Å²) in [7, 11) is -21.3. The number of fused-ring (bicyclic) bond motifs is 8. The van der Waals surface area contributed by atoms with Gasteiger partial charge in [0.2, 0.25) is 0 Å². The molecular formula is C44H56O20S4. The van der Waals surface area contributed by atoms with E-state index in [1.807, 2.05) is 0 Å². The van der Waals surface area contributed by atoms with Crippen LogP contribution in [0.15, 0.2) is 68.1 Å². The van der Waals surface area contributed by atoms with Crippen LogP contribution in [0, 0.1) is 0 Å². The zero-order chi connectivity index (χ0) is 49.9. The van der Waals surface area contributed by atoms with E-state index in [0.717, 1.165) is 0 Å². The van der Waals surface area contributed by atoms with Crippen LogP contribution in [0.1, 0.15) is 72.2 Å². The summed E-state index contributed by atoms with van der Waals surface area (Å²) in [6.45, 7) is 8.23. The van der Waals surface area contributed by atoms with Crippen molar-refractivity contribution in [3.05, 3.63) is 93.0 Å². The molecule has 1 aliphatic carbocycles. The Morgan fingerprint density at radius 1 is 0.324 bits per heavy atom. The highest BCUT2D eigenvalue weighted by atomic mass is 32.2. The van der Waals surface area contributed by atoms with Crippen LogP contribution in [0.3, 0.4) is 0 Å². The van der Waals surface area contributed by atoms with Gasteiger partial charge < -0.3 is 37.9 Å². The molecule has 8 bridgehead atoms. The third-order valence-electron chi connectivity index (χ3n) is 10.2. The van der Waals surface area contributed by atoms with Crippen molar-refractivity contribution < 1.29 is 89.8 Å². The molecule has 1 aliphatic rings. The molecule has 4 N–H and O–H groups in total. The lowest BCUT2D eigenvalue weighted by Gasteiger charge is -2.22. The number of ether oxygens (including phenoxy) is 8. The average Bonchev–Trinajstić information content (AvgIpc) is 3.22. The van der Waals surface area contributed by atoms with E-state index < -0.39 is 85.7 Å². The molecule has 0 fully saturated rings. The third kappa shape index (κ3) is 14.8. The molecule has 0 spiro atoms. The first-order chi connectivity index (χ1) is 32.1. The molecule has 24 heteroatoms. The van der Waals surface area contributed by atoms with Crippen molar-refractivity contribution in [2.45, 2.75) is 73.0 Å². The maximum atomic E-state index is 13.6. The minimum absolute atomic E-state index is 0.0386. The highest BCUT2D eigenvalue weighted by Gasteiger charge is 2.32. The van der Waals surface area contributed by atoms with E-state index in [2.05, 4.69) is 0 Å². The van der Waals surface area contributed by atoms with Crippen LogP contribution in [0.25, 0.3) is 0 Å². The quantitative estimate of drug-likeness (QED) is 0.0466. The van der Waals surface area contributed by atoms with Crippen LogP contribution in [0.2, 0.25) is 0 Å². The molecule has 0 radical (unpaired) electrons. The van der Waals surface area contributed by atoms with Gasteiger partial charge in [0.25, 0.3) is 40.5 Å². The summed E-state index contributed by atoms with van der Waals surface area (Å²) >= 11 is 0. The second kappa shape index (κ2) is 23.9. The second-order valence-corrected chi connectivity index (χ2v) is 20.5. The van der Waals surface area contributed by atoms with Gasteiger partial charge in [-0.15, -0.1) is 0 Å². The summed E-state index contributed by atoms with van der Waals surface area (Å²) < 4.78 is 199. The van der Waals surface area contributed by atoms with Crippen molar-refractivity contribution in [2.75, 3.05) is 79.3 Å². The van der Waals surface area contributed by atoms with Crippen LogP contribution in [0.5, 0.6) is 23.0 Å². The van der Waals surface area contributed by atoms with Crippen LogP contribution in [-0.2, 0) is 85.1 Å².